The van der Waals surface area contributed by atoms with Crippen molar-refractivity contribution in [2.45, 2.75) is 17.7 Å². The SMILES string of the molecule is O=S(=O)(/C(Cc1ccccc1)=C1/C=CC=CC1)c1ccccc1. The van der Waals surface area contributed by atoms with Gasteiger partial charge in [-0.05, 0) is 29.7 Å². The van der Waals surface area contributed by atoms with Crippen LogP contribution in [0.4, 0.5) is 0 Å². The minimum atomic E-state index is -3.50. The fourth-order valence-electron chi connectivity index (χ4n) is 2.62. The van der Waals surface area contributed by atoms with Crippen molar-refractivity contribution in [1.82, 2.24) is 0 Å². The van der Waals surface area contributed by atoms with Gasteiger partial charge in [0, 0.05) is 6.42 Å². The molecule has 0 aliphatic heterocycles. The van der Waals surface area contributed by atoms with Gasteiger partial charge in [-0.1, -0.05) is 72.8 Å². The van der Waals surface area contributed by atoms with Crippen LogP contribution in [0.15, 0.2) is 100 Å². The topological polar surface area (TPSA) is 34.1 Å². The van der Waals surface area contributed by atoms with Crippen molar-refractivity contribution < 1.29 is 8.42 Å². The third kappa shape index (κ3) is 3.51. The van der Waals surface area contributed by atoms with E-state index in [0.29, 0.717) is 22.6 Å². The standard InChI is InChI=1S/C20H18O2S/c21-23(22,19-14-8-3-9-15-19)20(18-12-6-2-7-13-18)16-17-10-4-1-5-11-17/h1-12,14-15H,13,16H2/b20-18-. The van der Waals surface area contributed by atoms with E-state index in [1.54, 1.807) is 24.3 Å². The highest BCUT2D eigenvalue weighted by molar-refractivity contribution is 7.95. The van der Waals surface area contributed by atoms with E-state index in [-0.39, 0.29) is 0 Å². The van der Waals surface area contributed by atoms with Gasteiger partial charge in [0.25, 0.3) is 0 Å². The van der Waals surface area contributed by atoms with Gasteiger partial charge in [-0.2, -0.15) is 0 Å². The smallest absolute Gasteiger partial charge is 0.203 e. The Morgan fingerprint density at radius 2 is 1.52 bits per heavy atom. The van der Waals surface area contributed by atoms with Crippen LogP contribution in [0.25, 0.3) is 0 Å². The third-order valence-electron chi connectivity index (χ3n) is 3.83. The summed E-state index contributed by atoms with van der Waals surface area (Å²) >= 11 is 0. The molecule has 2 aromatic rings. The molecule has 0 unspecified atom stereocenters. The molecule has 0 aromatic heterocycles. The second-order valence-electron chi connectivity index (χ2n) is 5.42. The van der Waals surface area contributed by atoms with Crippen LogP contribution in [0.3, 0.4) is 0 Å². The minimum Gasteiger partial charge on any atom is -0.219 e. The van der Waals surface area contributed by atoms with Crippen LogP contribution in [-0.4, -0.2) is 8.42 Å². The summed E-state index contributed by atoms with van der Waals surface area (Å²) in [7, 11) is -3.50. The van der Waals surface area contributed by atoms with Gasteiger partial charge >= 0.3 is 0 Å². The van der Waals surface area contributed by atoms with Crippen LogP contribution < -0.4 is 0 Å². The number of hydrogen-bond acceptors (Lipinski definition) is 2. The summed E-state index contributed by atoms with van der Waals surface area (Å²) in [6.07, 6.45) is 8.78. The molecule has 2 nitrogen and oxygen atoms in total. The molecule has 0 saturated carbocycles. The van der Waals surface area contributed by atoms with Gasteiger partial charge in [0.1, 0.15) is 0 Å². The van der Waals surface area contributed by atoms with Crippen LogP contribution in [0.5, 0.6) is 0 Å². The quantitative estimate of drug-likeness (QED) is 0.832. The van der Waals surface area contributed by atoms with E-state index in [2.05, 4.69) is 0 Å². The van der Waals surface area contributed by atoms with Crippen LogP contribution >= 0.6 is 0 Å². The zero-order valence-electron chi connectivity index (χ0n) is 12.7. The molecule has 3 rings (SSSR count). The Bertz CT molecular complexity index is 858. The van der Waals surface area contributed by atoms with Gasteiger partial charge in [-0.3, -0.25) is 0 Å². The number of allylic oxidation sites excluding steroid dienone is 6. The maximum absolute atomic E-state index is 13.1. The summed E-state index contributed by atoms with van der Waals surface area (Å²) in [6.45, 7) is 0. The van der Waals surface area contributed by atoms with Crippen LogP contribution in [0.2, 0.25) is 0 Å². The Morgan fingerprint density at radius 3 is 2.13 bits per heavy atom. The average Bonchev–Trinajstić information content (AvgIpc) is 2.62. The molecule has 3 heteroatoms. The van der Waals surface area contributed by atoms with Gasteiger partial charge in [-0.15, -0.1) is 0 Å². The summed E-state index contributed by atoms with van der Waals surface area (Å²) in [6, 6.07) is 18.4. The Hall–Kier alpha value is -2.39. The molecule has 0 amide bonds. The summed E-state index contributed by atoms with van der Waals surface area (Å²) in [5.41, 5.74) is 1.86. The van der Waals surface area contributed by atoms with Crippen molar-refractivity contribution in [2.24, 2.45) is 0 Å². The molecular formula is C20H18O2S. The minimum absolute atomic E-state index is 0.349. The maximum Gasteiger partial charge on any atom is 0.203 e. The molecule has 1 aliphatic carbocycles. The fourth-order valence-corrected chi connectivity index (χ4v) is 4.28. The second-order valence-corrected chi connectivity index (χ2v) is 7.39. The number of benzene rings is 2. The van der Waals surface area contributed by atoms with E-state index in [9.17, 15) is 8.42 Å². The van der Waals surface area contributed by atoms with Gasteiger partial charge in [0.05, 0.1) is 9.80 Å². The lowest BCUT2D eigenvalue weighted by atomic mass is 10.0. The van der Waals surface area contributed by atoms with Crippen molar-refractivity contribution in [1.29, 1.82) is 0 Å². The molecular weight excluding hydrogens is 304 g/mol. The van der Waals surface area contributed by atoms with Crippen LogP contribution in [0.1, 0.15) is 12.0 Å². The normalized spacial score (nSPS) is 16.3. The Kier molecular flexibility index (Phi) is 4.58. The Balaban J connectivity index is 2.09. The van der Waals surface area contributed by atoms with Crippen molar-refractivity contribution >= 4 is 9.84 Å². The molecule has 0 fully saturated rings. The van der Waals surface area contributed by atoms with Crippen molar-refractivity contribution in [3.05, 3.63) is 101 Å². The summed E-state index contributed by atoms with van der Waals surface area (Å²) in [5, 5.41) is 0. The van der Waals surface area contributed by atoms with Gasteiger partial charge < -0.3 is 0 Å². The molecule has 23 heavy (non-hydrogen) atoms. The van der Waals surface area contributed by atoms with E-state index in [1.165, 1.54) is 0 Å². The van der Waals surface area contributed by atoms with Gasteiger partial charge in [0.15, 0.2) is 0 Å². The number of hydrogen-bond donors (Lipinski definition) is 0. The average molecular weight is 322 g/mol. The zero-order chi connectivity index (χ0) is 16.1. The molecule has 0 spiro atoms. The molecule has 0 heterocycles. The number of sulfone groups is 1. The van der Waals surface area contributed by atoms with Gasteiger partial charge in [0.2, 0.25) is 9.84 Å². The van der Waals surface area contributed by atoms with Gasteiger partial charge in [-0.25, -0.2) is 8.42 Å². The highest BCUT2D eigenvalue weighted by atomic mass is 32.2. The first kappa shape index (κ1) is 15.5. The lowest BCUT2D eigenvalue weighted by Gasteiger charge is -2.15. The van der Waals surface area contributed by atoms with Crippen molar-refractivity contribution in [3.63, 3.8) is 0 Å². The summed E-state index contributed by atoms with van der Waals surface area (Å²) in [5.74, 6) is 0. The maximum atomic E-state index is 13.1. The van der Waals surface area contributed by atoms with Crippen LogP contribution in [-0.2, 0) is 16.3 Å². The first-order valence-corrected chi connectivity index (χ1v) is 9.05. The molecule has 0 atom stereocenters. The third-order valence-corrected chi connectivity index (χ3v) is 5.77. The fraction of sp³-hybridized carbons (Fsp3) is 0.100. The van der Waals surface area contributed by atoms with E-state index in [1.807, 2.05) is 60.7 Å². The lowest BCUT2D eigenvalue weighted by molar-refractivity contribution is 0.600. The summed E-state index contributed by atoms with van der Waals surface area (Å²) < 4.78 is 26.2. The van der Waals surface area contributed by atoms with Crippen molar-refractivity contribution in [3.8, 4) is 0 Å². The molecule has 1 aliphatic rings. The van der Waals surface area contributed by atoms with Crippen molar-refractivity contribution in [2.75, 3.05) is 0 Å². The lowest BCUT2D eigenvalue weighted by Crippen LogP contribution is -2.10. The molecule has 0 saturated heterocycles. The summed E-state index contributed by atoms with van der Waals surface area (Å²) in [4.78, 5) is 0.830. The predicted octanol–water partition coefficient (Wildman–Crippen LogP) is 4.47. The molecule has 2 aromatic carbocycles. The first-order chi connectivity index (χ1) is 11.2. The van der Waals surface area contributed by atoms with E-state index >= 15 is 0 Å². The van der Waals surface area contributed by atoms with E-state index in [0.717, 1.165) is 11.1 Å². The van der Waals surface area contributed by atoms with E-state index in [4.69, 9.17) is 0 Å². The zero-order valence-corrected chi connectivity index (χ0v) is 13.5. The predicted molar refractivity (Wildman–Crippen MR) is 93.7 cm³/mol. The highest BCUT2D eigenvalue weighted by Crippen LogP contribution is 2.28. The Labute approximate surface area is 137 Å². The molecule has 0 N–H and O–H groups in total. The largest absolute Gasteiger partial charge is 0.219 e. The second kappa shape index (κ2) is 6.80. The molecule has 0 radical (unpaired) electrons. The molecule has 116 valence electrons. The number of rotatable bonds is 4. The monoisotopic (exact) mass is 322 g/mol. The Morgan fingerprint density at radius 1 is 0.870 bits per heavy atom. The molecule has 0 bridgehead atoms. The van der Waals surface area contributed by atoms with Crippen LogP contribution in [0, 0.1) is 0 Å². The van der Waals surface area contributed by atoms with E-state index < -0.39 is 9.84 Å². The first-order valence-electron chi connectivity index (χ1n) is 7.57. The highest BCUT2D eigenvalue weighted by Gasteiger charge is 2.23.